The predicted octanol–water partition coefficient (Wildman–Crippen LogP) is 4.64. The van der Waals surface area contributed by atoms with Gasteiger partial charge in [0.2, 0.25) is 5.88 Å². The monoisotopic (exact) mass is 551 g/mol. The maximum Gasteiger partial charge on any atom is 0.213 e. The van der Waals surface area contributed by atoms with Crippen LogP contribution in [0.25, 0.3) is 28.5 Å². The summed E-state index contributed by atoms with van der Waals surface area (Å²) >= 11 is 0. The van der Waals surface area contributed by atoms with Crippen LogP contribution in [0.1, 0.15) is 39.3 Å². The predicted molar refractivity (Wildman–Crippen MR) is 148 cm³/mol. The van der Waals surface area contributed by atoms with Crippen LogP contribution in [-0.4, -0.2) is 59.5 Å². The minimum absolute atomic E-state index is 0.148. The fraction of sp³-hybridized carbons (Fsp3) is 0.429. The smallest absolute Gasteiger partial charge is 0.213 e. The molecule has 206 valence electrons. The van der Waals surface area contributed by atoms with Crippen molar-refractivity contribution in [3.05, 3.63) is 48.3 Å². The molecule has 0 bridgehead atoms. The summed E-state index contributed by atoms with van der Waals surface area (Å²) in [5, 5.41) is 0. The molecule has 0 radical (unpaired) electrons. The molecule has 0 amide bonds. The van der Waals surface area contributed by atoms with E-state index in [9.17, 15) is 8.42 Å². The van der Waals surface area contributed by atoms with Crippen LogP contribution in [-0.2, 0) is 15.6 Å². The number of rotatable bonds is 10. The van der Waals surface area contributed by atoms with Crippen LogP contribution in [0.5, 0.6) is 17.4 Å². The Morgan fingerprint density at radius 1 is 1.00 bits per heavy atom. The van der Waals surface area contributed by atoms with Crippen LogP contribution < -0.4 is 14.2 Å². The van der Waals surface area contributed by atoms with Crippen molar-refractivity contribution >= 4 is 21.1 Å². The first-order valence-electron chi connectivity index (χ1n) is 12.9. The molecule has 3 heterocycles. The van der Waals surface area contributed by atoms with E-state index in [2.05, 4.69) is 23.8 Å². The average Bonchev–Trinajstić information content (AvgIpc) is 3.25. The van der Waals surface area contributed by atoms with Crippen molar-refractivity contribution in [2.75, 3.05) is 26.6 Å². The normalized spacial score (nSPS) is 15.2. The quantitative estimate of drug-likeness (QED) is 0.278. The molecule has 0 saturated heterocycles. The lowest BCUT2D eigenvalue weighted by molar-refractivity contribution is 0.113. The Morgan fingerprint density at radius 3 is 2.33 bits per heavy atom. The molecule has 39 heavy (non-hydrogen) atoms. The van der Waals surface area contributed by atoms with Crippen molar-refractivity contribution in [3.63, 3.8) is 0 Å². The number of hydrogen-bond donors (Lipinski definition) is 0. The van der Waals surface area contributed by atoms with Gasteiger partial charge in [0.25, 0.3) is 0 Å². The zero-order chi connectivity index (χ0) is 27.8. The molecular weight excluding hydrogens is 518 g/mol. The molecule has 10 nitrogen and oxygen atoms in total. The lowest BCUT2D eigenvalue weighted by atomic mass is 9.65. The number of pyridine rings is 1. The van der Waals surface area contributed by atoms with E-state index in [0.717, 1.165) is 12.8 Å². The molecular formula is C28H33N5O5S. The number of methoxy groups -OCH3 is 2. The largest absolute Gasteiger partial charge is 0.494 e. The molecule has 1 aliphatic rings. The van der Waals surface area contributed by atoms with Gasteiger partial charge >= 0.3 is 0 Å². The summed E-state index contributed by atoms with van der Waals surface area (Å²) in [4.78, 5) is 18.6. The Kier molecular flexibility index (Phi) is 7.19. The summed E-state index contributed by atoms with van der Waals surface area (Å²) in [5.41, 5.74) is 2.34. The number of para-hydroxylation sites is 1. The van der Waals surface area contributed by atoms with Gasteiger partial charge in [-0.2, -0.15) is 0 Å². The van der Waals surface area contributed by atoms with Gasteiger partial charge in [-0.1, -0.05) is 26.0 Å². The molecule has 0 N–H and O–H groups in total. The van der Waals surface area contributed by atoms with Crippen LogP contribution in [0.2, 0.25) is 0 Å². The van der Waals surface area contributed by atoms with Gasteiger partial charge in [0.1, 0.15) is 22.9 Å². The van der Waals surface area contributed by atoms with Gasteiger partial charge in [-0.3, -0.25) is 4.57 Å². The zero-order valence-corrected chi connectivity index (χ0v) is 23.7. The lowest BCUT2D eigenvalue weighted by Crippen LogP contribution is -2.36. The van der Waals surface area contributed by atoms with Crippen LogP contribution >= 0.6 is 0 Å². The molecule has 0 atom stereocenters. The lowest BCUT2D eigenvalue weighted by Gasteiger charge is -2.42. The van der Waals surface area contributed by atoms with Crippen LogP contribution in [0.15, 0.2) is 42.6 Å². The highest BCUT2D eigenvalue weighted by molar-refractivity contribution is 7.90. The Hall–Kier alpha value is -3.73. The standard InChI is InChI=1S/C28H33N5O5S/c1-6-38-23-12-7-9-20(31-23)26-32-25-27(33(26)24-21(36-4)10-8-11-22(24)37-5)30-19(15-29-25)17-39(34,35)16-18-13-28(2,3)14-18/h7-12,15,18H,6,13-14,16-17H2,1-5H3. The number of sulfone groups is 1. The van der Waals surface area contributed by atoms with E-state index in [1.807, 2.05) is 25.1 Å². The SMILES string of the molecule is CCOc1cccc(-c2nc3ncc(CS(=O)(=O)CC4CC(C)(C)C4)nc3n2-c2c(OC)cccc2OC)n1. The van der Waals surface area contributed by atoms with Gasteiger partial charge in [-0.05, 0) is 49.3 Å². The summed E-state index contributed by atoms with van der Waals surface area (Å²) in [7, 11) is -0.253. The minimum atomic E-state index is -3.38. The Labute approximate surface area is 228 Å². The summed E-state index contributed by atoms with van der Waals surface area (Å²) in [5.74, 6) is 2.05. The third-order valence-corrected chi connectivity index (χ3v) is 8.55. The van der Waals surface area contributed by atoms with E-state index in [-0.39, 0.29) is 22.8 Å². The fourth-order valence-corrected chi connectivity index (χ4v) is 7.09. The molecule has 0 spiro atoms. The summed E-state index contributed by atoms with van der Waals surface area (Å²) in [6, 6.07) is 10.8. The number of ether oxygens (including phenoxy) is 3. The van der Waals surface area contributed by atoms with Gasteiger partial charge in [-0.25, -0.2) is 28.4 Å². The minimum Gasteiger partial charge on any atom is -0.494 e. The Bertz CT molecular complexity index is 1590. The van der Waals surface area contributed by atoms with E-state index in [0.29, 0.717) is 58.2 Å². The molecule has 5 rings (SSSR count). The first kappa shape index (κ1) is 26.9. The van der Waals surface area contributed by atoms with Crippen LogP contribution in [0.3, 0.4) is 0 Å². The van der Waals surface area contributed by atoms with Crippen molar-refractivity contribution in [3.8, 4) is 34.6 Å². The second kappa shape index (κ2) is 10.4. The molecule has 0 unspecified atom stereocenters. The van der Waals surface area contributed by atoms with Crippen molar-refractivity contribution in [2.45, 2.75) is 39.4 Å². The number of benzene rings is 1. The Morgan fingerprint density at radius 2 is 1.69 bits per heavy atom. The zero-order valence-electron chi connectivity index (χ0n) is 22.8. The van der Waals surface area contributed by atoms with E-state index >= 15 is 0 Å². The fourth-order valence-electron chi connectivity index (χ4n) is 5.42. The second-order valence-corrected chi connectivity index (χ2v) is 12.7. The highest BCUT2D eigenvalue weighted by Gasteiger charge is 2.38. The van der Waals surface area contributed by atoms with E-state index in [1.165, 1.54) is 6.20 Å². The van der Waals surface area contributed by atoms with Crippen molar-refractivity contribution in [2.24, 2.45) is 11.3 Å². The van der Waals surface area contributed by atoms with Crippen molar-refractivity contribution < 1.29 is 22.6 Å². The number of hydrogen-bond acceptors (Lipinski definition) is 9. The van der Waals surface area contributed by atoms with Gasteiger partial charge in [-0.15, -0.1) is 0 Å². The molecule has 1 aliphatic carbocycles. The number of aromatic nitrogens is 5. The maximum absolute atomic E-state index is 13.1. The van der Waals surface area contributed by atoms with Crippen molar-refractivity contribution in [1.82, 2.24) is 24.5 Å². The third kappa shape index (κ3) is 5.54. The average molecular weight is 552 g/mol. The molecule has 1 saturated carbocycles. The number of imidazole rings is 1. The molecule has 1 aromatic carbocycles. The first-order chi connectivity index (χ1) is 18.6. The van der Waals surface area contributed by atoms with Crippen LogP contribution in [0.4, 0.5) is 0 Å². The molecule has 4 aromatic rings. The molecule has 0 aliphatic heterocycles. The number of nitrogens with zero attached hydrogens (tertiary/aromatic N) is 5. The molecule has 1 fully saturated rings. The van der Waals surface area contributed by atoms with Gasteiger partial charge in [0.05, 0.1) is 44.2 Å². The van der Waals surface area contributed by atoms with E-state index in [4.69, 9.17) is 24.2 Å². The van der Waals surface area contributed by atoms with Gasteiger partial charge in [0.15, 0.2) is 27.0 Å². The van der Waals surface area contributed by atoms with Gasteiger partial charge in [0, 0.05) is 6.07 Å². The third-order valence-electron chi connectivity index (χ3n) is 6.83. The summed E-state index contributed by atoms with van der Waals surface area (Å²) in [6.07, 6.45) is 3.30. The number of fused-ring (bicyclic) bond motifs is 1. The van der Waals surface area contributed by atoms with E-state index in [1.54, 1.807) is 37.0 Å². The molecule has 11 heteroatoms. The van der Waals surface area contributed by atoms with Crippen molar-refractivity contribution in [1.29, 1.82) is 0 Å². The molecule has 3 aromatic heterocycles. The van der Waals surface area contributed by atoms with Crippen LogP contribution in [0, 0.1) is 11.3 Å². The highest BCUT2D eigenvalue weighted by Crippen LogP contribution is 2.45. The first-order valence-corrected chi connectivity index (χ1v) is 14.7. The maximum atomic E-state index is 13.1. The highest BCUT2D eigenvalue weighted by atomic mass is 32.2. The van der Waals surface area contributed by atoms with Gasteiger partial charge < -0.3 is 14.2 Å². The second-order valence-electron chi connectivity index (χ2n) is 10.6. The topological polar surface area (TPSA) is 118 Å². The Balaban J connectivity index is 1.64. The summed E-state index contributed by atoms with van der Waals surface area (Å²) < 4.78 is 44.9. The van der Waals surface area contributed by atoms with E-state index < -0.39 is 9.84 Å². The summed E-state index contributed by atoms with van der Waals surface area (Å²) in [6.45, 7) is 6.68.